The molecule has 0 N–H and O–H groups in total. The van der Waals surface area contributed by atoms with Crippen molar-refractivity contribution in [2.24, 2.45) is 0 Å². The molecular weight excluding hydrogens is 745 g/mol. The summed E-state index contributed by atoms with van der Waals surface area (Å²) < 4.78 is 10.1. The molecule has 5 heteroatoms. The first kappa shape index (κ1) is 33.1. The number of rotatable bonds is 6. The number of hydrogen-bond acceptors (Lipinski definition) is 5. The van der Waals surface area contributed by atoms with E-state index in [-0.39, 0.29) is 0 Å². The van der Waals surface area contributed by atoms with E-state index >= 15 is 0 Å². The molecule has 9 aromatic carbocycles. The highest BCUT2D eigenvalue weighted by Crippen LogP contribution is 2.43. The Hall–Kier alpha value is -7.05. The van der Waals surface area contributed by atoms with E-state index in [9.17, 15) is 0 Å². The molecule has 12 aromatic rings. The summed E-state index contributed by atoms with van der Waals surface area (Å²) in [6.45, 7) is 0. The van der Waals surface area contributed by atoms with Gasteiger partial charge in [0.25, 0.3) is 0 Å². The zero-order valence-electron chi connectivity index (χ0n) is 31.1. The lowest BCUT2D eigenvalue weighted by molar-refractivity contribution is 0.669. The van der Waals surface area contributed by atoms with Gasteiger partial charge in [0.2, 0.25) is 0 Å². The monoisotopic (exact) mass is 776 g/mol. The number of furan rings is 1. The van der Waals surface area contributed by atoms with Gasteiger partial charge in [0, 0.05) is 48.2 Å². The molecule has 0 fully saturated rings. The SMILES string of the molecule is c1ccc(-c2nc3c(ccc4oc5ccc(-c6ccc(N(c7ccc(-c8cccc9ccccc89)cc7)c7ccc8sc9ccccc9c8c7)cc6)cc5c43)s2)cc1. The van der Waals surface area contributed by atoms with E-state index < -0.39 is 0 Å². The predicted octanol–water partition coefficient (Wildman–Crippen LogP) is 16.2. The van der Waals surface area contributed by atoms with Gasteiger partial charge in [-0.3, -0.25) is 0 Å². The predicted molar refractivity (Wildman–Crippen MR) is 248 cm³/mol. The molecule has 3 heterocycles. The molecule has 0 bridgehead atoms. The Kier molecular flexibility index (Phi) is 7.58. The zero-order chi connectivity index (χ0) is 38.2. The molecule has 3 nitrogen and oxygen atoms in total. The van der Waals surface area contributed by atoms with E-state index in [1.807, 2.05) is 17.4 Å². The van der Waals surface area contributed by atoms with Crippen molar-refractivity contribution in [1.82, 2.24) is 4.98 Å². The van der Waals surface area contributed by atoms with Gasteiger partial charge in [-0.1, -0.05) is 121 Å². The van der Waals surface area contributed by atoms with Crippen LogP contribution >= 0.6 is 22.7 Å². The Balaban J connectivity index is 0.957. The fraction of sp³-hybridized carbons (Fsp3) is 0. The number of aromatic nitrogens is 1. The fourth-order valence-electron chi connectivity index (χ4n) is 8.51. The third kappa shape index (κ3) is 5.43. The molecule has 0 aliphatic carbocycles. The number of hydrogen-bond donors (Lipinski definition) is 0. The van der Waals surface area contributed by atoms with E-state index in [2.05, 4.69) is 193 Å². The Labute approximate surface area is 342 Å². The summed E-state index contributed by atoms with van der Waals surface area (Å²) in [4.78, 5) is 7.52. The molecular formula is C53H32N2OS2. The van der Waals surface area contributed by atoms with Crippen LogP contribution < -0.4 is 4.90 Å². The Morgan fingerprint density at radius 2 is 1.05 bits per heavy atom. The second-order valence-electron chi connectivity index (χ2n) is 14.7. The van der Waals surface area contributed by atoms with Gasteiger partial charge in [-0.2, -0.15) is 0 Å². The van der Waals surface area contributed by atoms with Crippen molar-refractivity contribution < 1.29 is 4.42 Å². The fourth-order valence-corrected chi connectivity index (χ4v) is 10.6. The topological polar surface area (TPSA) is 29.3 Å². The zero-order valence-corrected chi connectivity index (χ0v) is 32.7. The van der Waals surface area contributed by atoms with Crippen LogP contribution in [-0.4, -0.2) is 4.98 Å². The third-order valence-corrected chi connectivity index (χ3v) is 13.5. The highest BCUT2D eigenvalue weighted by molar-refractivity contribution is 7.25. The minimum Gasteiger partial charge on any atom is -0.456 e. The van der Waals surface area contributed by atoms with Crippen molar-refractivity contribution in [2.45, 2.75) is 0 Å². The van der Waals surface area contributed by atoms with Gasteiger partial charge >= 0.3 is 0 Å². The first-order valence-corrected chi connectivity index (χ1v) is 21.1. The van der Waals surface area contributed by atoms with Crippen LogP contribution in [0.15, 0.2) is 199 Å². The average Bonchev–Trinajstić information content (AvgIpc) is 4.00. The van der Waals surface area contributed by atoms with Gasteiger partial charge < -0.3 is 9.32 Å². The van der Waals surface area contributed by atoms with Crippen LogP contribution in [0.2, 0.25) is 0 Å². The Morgan fingerprint density at radius 1 is 0.397 bits per heavy atom. The number of fused-ring (bicyclic) bond motifs is 9. The highest BCUT2D eigenvalue weighted by atomic mass is 32.1. The van der Waals surface area contributed by atoms with Crippen LogP contribution in [0.3, 0.4) is 0 Å². The van der Waals surface area contributed by atoms with E-state index in [4.69, 9.17) is 9.40 Å². The van der Waals surface area contributed by atoms with E-state index in [1.54, 1.807) is 11.3 Å². The van der Waals surface area contributed by atoms with E-state index in [1.165, 1.54) is 42.1 Å². The second kappa shape index (κ2) is 13.3. The lowest BCUT2D eigenvalue weighted by Gasteiger charge is -2.26. The van der Waals surface area contributed by atoms with Gasteiger partial charge in [-0.15, -0.1) is 22.7 Å². The summed E-state index contributed by atoms with van der Waals surface area (Å²) in [6.07, 6.45) is 0. The summed E-state index contributed by atoms with van der Waals surface area (Å²) in [5, 5.41) is 8.24. The van der Waals surface area contributed by atoms with Crippen LogP contribution in [0.5, 0.6) is 0 Å². The normalized spacial score (nSPS) is 11.8. The molecule has 0 saturated carbocycles. The van der Waals surface area contributed by atoms with Crippen LogP contribution in [0.1, 0.15) is 0 Å². The van der Waals surface area contributed by atoms with Crippen molar-refractivity contribution >= 4 is 103 Å². The van der Waals surface area contributed by atoms with E-state index in [0.29, 0.717) is 0 Å². The highest BCUT2D eigenvalue weighted by Gasteiger charge is 2.18. The smallest absolute Gasteiger partial charge is 0.137 e. The molecule has 0 aliphatic rings. The van der Waals surface area contributed by atoms with Crippen molar-refractivity contribution in [1.29, 1.82) is 0 Å². The molecule has 58 heavy (non-hydrogen) atoms. The molecule has 0 amide bonds. The molecule has 0 aliphatic heterocycles. The standard InChI is InChI=1S/C53H32N2OS2/c1-2-10-36(11-3-1)53-54-52-50(58-53)30-28-47-51(52)45-31-37(21-27-46(45)56-47)33-17-22-38(23-18-33)55(40-26-29-49-44(32-40)43-14-6-7-16-48(43)57-49)39-24-19-35(20-25-39)42-15-8-12-34-9-4-5-13-41(34)42/h1-32H. The van der Waals surface area contributed by atoms with Crippen LogP contribution in [0, 0.1) is 0 Å². The number of nitrogens with zero attached hydrogens (tertiary/aromatic N) is 2. The van der Waals surface area contributed by atoms with Crippen LogP contribution in [0.4, 0.5) is 17.1 Å². The molecule has 3 aromatic heterocycles. The largest absolute Gasteiger partial charge is 0.456 e. The van der Waals surface area contributed by atoms with Gasteiger partial charge in [-0.05, 0) is 106 Å². The number of benzene rings is 9. The van der Waals surface area contributed by atoms with Crippen molar-refractivity contribution in [3.63, 3.8) is 0 Å². The first-order chi connectivity index (χ1) is 28.7. The lowest BCUT2D eigenvalue weighted by Crippen LogP contribution is -2.09. The van der Waals surface area contributed by atoms with Crippen molar-refractivity contribution in [3.05, 3.63) is 194 Å². The molecule has 0 spiro atoms. The lowest BCUT2D eigenvalue weighted by atomic mass is 9.98. The summed E-state index contributed by atoms with van der Waals surface area (Å²) in [6, 6.07) is 69.8. The number of thiazole rings is 1. The molecule has 12 rings (SSSR count). The minimum absolute atomic E-state index is 0.859. The Bertz CT molecular complexity index is 3500. The number of anilines is 3. The molecule has 0 saturated heterocycles. The molecule has 0 atom stereocenters. The Morgan fingerprint density at radius 3 is 1.90 bits per heavy atom. The van der Waals surface area contributed by atoms with E-state index in [0.717, 1.165) is 70.9 Å². The summed E-state index contributed by atoms with van der Waals surface area (Å²) in [7, 11) is 0. The average molecular weight is 777 g/mol. The second-order valence-corrected chi connectivity index (χ2v) is 16.8. The van der Waals surface area contributed by atoms with Gasteiger partial charge in [0.1, 0.15) is 16.2 Å². The first-order valence-electron chi connectivity index (χ1n) is 19.4. The number of thiophene rings is 1. The summed E-state index contributed by atoms with van der Waals surface area (Å²) in [5.41, 5.74) is 11.9. The maximum absolute atomic E-state index is 6.38. The van der Waals surface area contributed by atoms with Gasteiger partial charge in [0.15, 0.2) is 0 Å². The minimum atomic E-state index is 0.859. The van der Waals surface area contributed by atoms with Crippen molar-refractivity contribution in [3.8, 4) is 32.8 Å². The third-order valence-electron chi connectivity index (χ3n) is 11.3. The summed E-state index contributed by atoms with van der Waals surface area (Å²) >= 11 is 3.57. The maximum Gasteiger partial charge on any atom is 0.137 e. The maximum atomic E-state index is 6.38. The molecule has 0 unspecified atom stereocenters. The van der Waals surface area contributed by atoms with Gasteiger partial charge in [0.05, 0.1) is 15.6 Å². The molecule has 0 radical (unpaired) electrons. The van der Waals surface area contributed by atoms with Crippen LogP contribution in [0.25, 0.3) is 95.9 Å². The quantitative estimate of drug-likeness (QED) is 0.168. The van der Waals surface area contributed by atoms with Gasteiger partial charge in [-0.25, -0.2) is 4.98 Å². The van der Waals surface area contributed by atoms with Crippen LogP contribution in [-0.2, 0) is 0 Å². The summed E-state index contributed by atoms with van der Waals surface area (Å²) in [5.74, 6) is 0. The van der Waals surface area contributed by atoms with Crippen molar-refractivity contribution in [2.75, 3.05) is 4.90 Å². The molecule has 272 valence electrons.